The van der Waals surface area contributed by atoms with Crippen LogP contribution in [0.2, 0.25) is 0 Å². The summed E-state index contributed by atoms with van der Waals surface area (Å²) in [4.78, 5) is 53.1. The smallest absolute Gasteiger partial charge is 0.443 e. The van der Waals surface area contributed by atoms with Crippen LogP contribution in [0.1, 0.15) is 159 Å². The summed E-state index contributed by atoms with van der Waals surface area (Å²) < 4.78 is 336. The molecule has 4 heterocycles. The second-order valence-electron chi connectivity index (χ2n) is 27.9. The van der Waals surface area contributed by atoms with Crippen molar-refractivity contribution in [1.82, 2.24) is 31.4 Å². The van der Waals surface area contributed by atoms with Gasteiger partial charge in [-0.1, -0.05) is 36.4 Å². The minimum Gasteiger partial charge on any atom is -0.443 e. The Morgan fingerprint density at radius 1 is 0.583 bits per heavy atom. The summed E-state index contributed by atoms with van der Waals surface area (Å²) in [5.41, 5.74) is 9.44. The van der Waals surface area contributed by atoms with Gasteiger partial charge in [0.2, 0.25) is 11.8 Å². The van der Waals surface area contributed by atoms with Crippen LogP contribution in [0.5, 0.6) is 0 Å². The third-order valence-corrected chi connectivity index (χ3v) is 17.6. The van der Waals surface area contributed by atoms with Gasteiger partial charge in [-0.15, -0.1) is 24.0 Å². The van der Waals surface area contributed by atoms with Gasteiger partial charge in [0.25, 0.3) is 0 Å². The third kappa shape index (κ3) is 38.3. The number of morpholine rings is 3. The number of carbonyl (C=O) groups is 4. The van der Waals surface area contributed by atoms with Gasteiger partial charge in [0.05, 0.1) is 114 Å². The Balaban J connectivity index is 0.000000453. The van der Waals surface area contributed by atoms with Crippen LogP contribution < -0.4 is 136 Å². The molecule has 9 atom stereocenters. The number of rotatable bonds is 21. The van der Waals surface area contributed by atoms with Crippen molar-refractivity contribution >= 4 is 65.7 Å². The number of hydrogen-bond donors (Lipinski definition) is 6. The molecule has 10 rings (SSSR count). The molecular weight excluding hydrogens is 1850 g/mol. The molecular formula is C77H82Cl2F22K2N11O13+. The minimum atomic E-state index is -5.03. The summed E-state index contributed by atoms with van der Waals surface area (Å²) in [5.74, 6) is -1.78. The average Bonchev–Trinajstić information content (AvgIpc) is 1.03. The Morgan fingerprint density at radius 2 is 0.937 bits per heavy atom. The van der Waals surface area contributed by atoms with Crippen molar-refractivity contribution in [2.45, 2.75) is 153 Å². The summed E-state index contributed by atoms with van der Waals surface area (Å²) >= 11 is 5.23. The number of alkyl halides is 19. The predicted molar refractivity (Wildman–Crippen MR) is 404 cm³/mol. The van der Waals surface area contributed by atoms with Gasteiger partial charge in [-0.25, -0.2) is 34.2 Å². The SMILES string of the molecule is CC(=O)N/N=C(\N)CCl.C[C@@H](O[C@H]1OCCN(C/C(N)=N/NC(=O)OC(C)(C)C)[C@H]1c1ccc(F)cc1)c1cc(C(F)(F)F)cc(C(F)(F)F)c1.C[C@@H](O[C@H]1OCCN(CC2=NNC(=O)C2)[C@H]1c1ccc(F)cc1)c1cc(C(F)(F)F)cc(C(F)(F)F)c1.C[C@@H](O[C@H]1OCCN[C@H]1c1ccc(F)cc1)c1cc(C(F)(F)F)cc(C(F)(F)F)c1.Cl.[2H]C(=O)OO[CH-]F.[K+].[K+]. The molecule has 0 unspecified atom stereocenters. The molecule has 24 nitrogen and oxygen atoms in total. The Labute approximate surface area is 809 Å². The summed E-state index contributed by atoms with van der Waals surface area (Å²) in [7, 11) is 0. The van der Waals surface area contributed by atoms with Crippen LogP contribution in [0.25, 0.3) is 0 Å². The maximum absolute atomic E-state index is 13.7. The number of nitrogens with one attached hydrogen (secondary N) is 4. The van der Waals surface area contributed by atoms with E-state index in [4.69, 9.17) is 57.6 Å². The van der Waals surface area contributed by atoms with E-state index < -0.39 is 161 Å². The zero-order chi connectivity index (χ0) is 93.5. The number of halogens is 24. The first-order chi connectivity index (χ1) is 58.0. The van der Waals surface area contributed by atoms with Crippen molar-refractivity contribution in [1.29, 1.82) is 0 Å². The molecule has 0 bridgehead atoms. The number of amides is 3. The first-order valence-electron chi connectivity index (χ1n) is 36.8. The molecule has 3 saturated heterocycles. The van der Waals surface area contributed by atoms with Crippen molar-refractivity contribution < 1.29 is 263 Å². The average molecular weight is 1940 g/mol. The second kappa shape index (κ2) is 51.5. The topological polar surface area (TPSA) is 295 Å². The molecule has 4 aliphatic rings. The normalized spacial score (nSPS) is 19.3. The van der Waals surface area contributed by atoms with Crippen molar-refractivity contribution in [2.24, 2.45) is 26.8 Å². The van der Waals surface area contributed by atoms with E-state index in [2.05, 4.69) is 46.7 Å². The molecule has 127 heavy (non-hydrogen) atoms. The molecule has 8 N–H and O–H groups in total. The van der Waals surface area contributed by atoms with Gasteiger partial charge in [-0.05, 0) is 173 Å². The van der Waals surface area contributed by atoms with Crippen molar-refractivity contribution in [3.05, 3.63) is 218 Å². The largest absolute Gasteiger partial charge is 1.00 e. The zero-order valence-corrected chi connectivity index (χ0v) is 76.1. The van der Waals surface area contributed by atoms with Crippen LogP contribution in [0.4, 0.5) is 101 Å². The fraction of sp³-hybridized carbons (Fsp3) is 0.429. The Hall–Kier alpha value is -6.48. The number of amidine groups is 2. The number of ether oxygens (including phenoxy) is 7. The van der Waals surface area contributed by atoms with Gasteiger partial charge in [0.1, 0.15) is 34.7 Å². The molecule has 0 radical (unpaired) electrons. The van der Waals surface area contributed by atoms with Crippen molar-refractivity contribution in [3.63, 3.8) is 0 Å². The molecule has 0 saturated carbocycles. The van der Waals surface area contributed by atoms with Crippen LogP contribution in [-0.2, 0) is 94.4 Å². The van der Waals surface area contributed by atoms with Crippen LogP contribution >= 0.6 is 24.0 Å². The van der Waals surface area contributed by atoms with Crippen LogP contribution in [0, 0.1) is 24.3 Å². The number of hydrazone groups is 3. The van der Waals surface area contributed by atoms with E-state index in [-0.39, 0.29) is 232 Å². The monoisotopic (exact) mass is 1940 g/mol. The first-order valence-corrected chi connectivity index (χ1v) is 36.8. The summed E-state index contributed by atoms with van der Waals surface area (Å²) in [6.07, 6.45) is -39.2. The van der Waals surface area contributed by atoms with Crippen molar-refractivity contribution in [2.75, 3.05) is 58.4 Å². The molecule has 6 aromatic rings. The van der Waals surface area contributed by atoms with E-state index in [0.717, 1.165) is 0 Å². The van der Waals surface area contributed by atoms with Gasteiger partial charge >= 0.3 is 152 Å². The fourth-order valence-electron chi connectivity index (χ4n) is 11.8. The molecule has 692 valence electrons. The van der Waals surface area contributed by atoms with Gasteiger partial charge in [-0.3, -0.25) is 24.2 Å². The molecule has 4 aliphatic heterocycles. The van der Waals surface area contributed by atoms with Gasteiger partial charge < -0.3 is 64.1 Å². The second-order valence-corrected chi connectivity index (χ2v) is 28.1. The Bertz CT molecular complexity index is 4550. The van der Waals surface area contributed by atoms with E-state index in [1.54, 1.807) is 25.7 Å². The molecule has 3 amide bonds. The summed E-state index contributed by atoms with van der Waals surface area (Å²) in [6.45, 7) is 11.5. The fourth-order valence-corrected chi connectivity index (χ4v) is 11.8. The predicted octanol–water partition coefficient (Wildman–Crippen LogP) is 11.2. The van der Waals surface area contributed by atoms with E-state index >= 15 is 0 Å². The molecule has 6 aromatic carbocycles. The standard InChI is InChI=1S/C27H31F7N4O4.C24H22F7N3O3.C20H18F7NO2.C4H8ClN3O.C2H2FO3.ClH.2K/c1-15(17-11-18(26(29,30)31)13-19(12-17)27(32,33)34)41-23-22(16-5-7-20(28)8-6-16)38(9-10-40-23)14-21(35)36-37-24(39)42-25(2,3)4;1-13(15-8-16(23(26,27)28)10-17(9-15)24(29,30)31)37-22-21(14-2-4-18(25)5-3-14)34(6-7-36-22)12-19-11-20(35)33-32-19;1-11(13-8-14(19(22,23)24)10-15(9-13)20(25,26)27)30-18-17(28-6-7-29-18)12-2-4-16(21)5-3-12;1-3(9)7-8-4(6)2-5;3-1-5-6-2-4;;;/h5-8,11-13,15,22-23H,9-10,14H2,1-4H3,(H2,35,36)(H,37,39);2-5,8-10,13,21-22H,6-7,11-12H2,1H3,(H,33,35);2-5,8-11,17-18,28H,6-7H2,1H3;2H2,1H3,(H2,6,8)(H,7,9);1-2H;1H;;/q;;;;-1;;2*+1/t15-,22+,23-;13-,21+,22-;11-,17+,18-;;;;;/m111...../s1/i;;;;2D;;;. The first kappa shape index (κ1) is 113. The Kier molecular flexibility index (Phi) is 45.8. The van der Waals surface area contributed by atoms with Gasteiger partial charge in [-0.2, -0.15) is 94.3 Å². The number of benzene rings is 6. The molecule has 50 heteroatoms. The van der Waals surface area contributed by atoms with Crippen LogP contribution in [-0.4, -0.2) is 134 Å². The quantitative estimate of drug-likeness (QED) is 0.00449. The van der Waals surface area contributed by atoms with Crippen molar-refractivity contribution in [3.8, 4) is 0 Å². The number of nitrogens with zero attached hydrogens (tertiary/aromatic N) is 5. The summed E-state index contributed by atoms with van der Waals surface area (Å²) in [5, 5.41) is 14.3. The number of hydrogen-bond acceptors (Lipinski definition) is 19. The van der Waals surface area contributed by atoms with Gasteiger partial charge in [0, 0.05) is 33.1 Å². The van der Waals surface area contributed by atoms with E-state index in [0.29, 0.717) is 71.9 Å². The van der Waals surface area contributed by atoms with Gasteiger partial charge in [0.15, 0.2) is 20.2 Å². The number of carbonyl (C=O) groups excluding carboxylic acids is 4. The van der Waals surface area contributed by atoms with Crippen LogP contribution in [0.3, 0.4) is 0 Å². The molecule has 3 fully saturated rings. The van der Waals surface area contributed by atoms with E-state index in [1.165, 1.54) is 100 Å². The molecule has 0 aliphatic carbocycles. The minimum absolute atomic E-state index is 0. The number of nitrogens with two attached hydrogens (primary N) is 2. The van der Waals surface area contributed by atoms with E-state index in [9.17, 15) is 116 Å². The summed E-state index contributed by atoms with van der Waals surface area (Å²) in [6, 6.07) is 17.7. The van der Waals surface area contributed by atoms with Crippen LogP contribution in [0.15, 0.2) is 143 Å². The zero-order valence-electron chi connectivity index (χ0n) is 69.3. The Morgan fingerprint density at radius 3 is 1.27 bits per heavy atom. The molecule has 0 aromatic heterocycles. The third-order valence-electron chi connectivity index (χ3n) is 17.3. The maximum Gasteiger partial charge on any atom is 1.00 e. The molecule has 0 spiro atoms. The maximum atomic E-state index is 13.7. The van der Waals surface area contributed by atoms with E-state index in [1.807, 2.05) is 4.90 Å².